The molecule has 0 spiro atoms. The zero-order chi connectivity index (χ0) is 12.1. The predicted molar refractivity (Wildman–Crippen MR) is 64.7 cm³/mol. The van der Waals surface area contributed by atoms with Crippen molar-refractivity contribution in [3.05, 3.63) is 12.7 Å². The Morgan fingerprint density at radius 2 is 2.24 bits per heavy atom. The lowest BCUT2D eigenvalue weighted by atomic mass is 10.3. The second-order valence-corrected chi connectivity index (χ2v) is 4.62. The van der Waals surface area contributed by atoms with Gasteiger partial charge in [0.15, 0.2) is 0 Å². The molecule has 1 aliphatic carbocycles. The Balaban J connectivity index is 1.63. The van der Waals surface area contributed by atoms with Gasteiger partial charge in [-0.2, -0.15) is 0 Å². The zero-order valence-corrected chi connectivity index (χ0v) is 10.3. The van der Waals surface area contributed by atoms with Crippen molar-refractivity contribution >= 4 is 5.91 Å². The fourth-order valence-corrected chi connectivity index (χ4v) is 2.10. The molecule has 2 fully saturated rings. The van der Waals surface area contributed by atoms with Crippen molar-refractivity contribution in [2.45, 2.75) is 25.4 Å². The van der Waals surface area contributed by atoms with Gasteiger partial charge in [0.2, 0.25) is 5.91 Å². The van der Waals surface area contributed by atoms with Crippen LogP contribution < -0.4 is 0 Å². The number of nitrogens with zero attached hydrogens (tertiary/aromatic N) is 1. The molecule has 1 saturated heterocycles. The molecule has 0 N–H and O–H groups in total. The van der Waals surface area contributed by atoms with Gasteiger partial charge in [0, 0.05) is 19.7 Å². The van der Waals surface area contributed by atoms with E-state index < -0.39 is 0 Å². The lowest BCUT2D eigenvalue weighted by Crippen LogP contribution is -2.42. The Hall–Kier alpha value is -0.870. The normalized spacial score (nSPS) is 27.9. The van der Waals surface area contributed by atoms with Crippen LogP contribution >= 0.6 is 0 Å². The molecule has 1 saturated carbocycles. The molecule has 1 heterocycles. The van der Waals surface area contributed by atoms with E-state index in [1.54, 1.807) is 0 Å². The second kappa shape index (κ2) is 6.17. The minimum atomic E-state index is 0.108. The first-order valence-electron chi connectivity index (χ1n) is 6.42. The Morgan fingerprint density at radius 3 is 2.94 bits per heavy atom. The van der Waals surface area contributed by atoms with Gasteiger partial charge in [0.05, 0.1) is 25.2 Å². The molecule has 0 aromatic carbocycles. The molecule has 0 aromatic rings. The van der Waals surface area contributed by atoms with E-state index in [0.29, 0.717) is 13.2 Å². The van der Waals surface area contributed by atoms with Crippen molar-refractivity contribution in [2.24, 2.45) is 5.92 Å². The summed E-state index contributed by atoms with van der Waals surface area (Å²) in [5.74, 6) is 0.360. The highest BCUT2D eigenvalue weighted by atomic mass is 16.5. The van der Waals surface area contributed by atoms with Crippen LogP contribution in [0.4, 0.5) is 0 Å². The molecule has 0 aromatic heterocycles. The molecule has 0 bridgehead atoms. The molecule has 96 valence electrons. The maximum absolute atomic E-state index is 12.0. The minimum absolute atomic E-state index is 0.108. The molecular weight excluding hydrogens is 218 g/mol. The number of rotatable bonds is 6. The van der Waals surface area contributed by atoms with Crippen molar-refractivity contribution in [2.75, 3.05) is 32.9 Å². The van der Waals surface area contributed by atoms with Crippen LogP contribution in [0.2, 0.25) is 0 Å². The van der Waals surface area contributed by atoms with E-state index in [-0.39, 0.29) is 17.9 Å². The summed E-state index contributed by atoms with van der Waals surface area (Å²) in [6, 6.07) is 0. The van der Waals surface area contributed by atoms with Gasteiger partial charge in [-0.3, -0.25) is 4.79 Å². The van der Waals surface area contributed by atoms with Gasteiger partial charge >= 0.3 is 0 Å². The molecule has 0 unspecified atom stereocenters. The van der Waals surface area contributed by atoms with Crippen LogP contribution in [0.25, 0.3) is 0 Å². The third kappa shape index (κ3) is 3.54. The van der Waals surface area contributed by atoms with Gasteiger partial charge in [-0.15, -0.1) is 6.58 Å². The highest BCUT2D eigenvalue weighted by Gasteiger charge is 2.46. The van der Waals surface area contributed by atoms with E-state index in [2.05, 4.69) is 6.58 Å². The van der Waals surface area contributed by atoms with E-state index in [9.17, 15) is 4.79 Å². The fourth-order valence-electron chi connectivity index (χ4n) is 2.10. The van der Waals surface area contributed by atoms with Crippen LogP contribution in [0.5, 0.6) is 0 Å². The Labute approximate surface area is 103 Å². The van der Waals surface area contributed by atoms with Crippen molar-refractivity contribution in [3.63, 3.8) is 0 Å². The smallest absolute Gasteiger partial charge is 0.228 e. The molecule has 1 aliphatic heterocycles. The Morgan fingerprint density at radius 1 is 1.47 bits per heavy atom. The maximum Gasteiger partial charge on any atom is 0.228 e. The average Bonchev–Trinajstić information content (AvgIpc) is 3.14. The number of hydrogen-bond acceptors (Lipinski definition) is 3. The molecule has 4 heteroatoms. The summed E-state index contributed by atoms with van der Waals surface area (Å²) in [5.41, 5.74) is 0. The van der Waals surface area contributed by atoms with E-state index in [1.807, 2.05) is 11.0 Å². The topological polar surface area (TPSA) is 38.8 Å². The number of carbonyl (C=O) groups excluding carboxylic acids is 1. The van der Waals surface area contributed by atoms with Crippen LogP contribution in [0.3, 0.4) is 0 Å². The summed E-state index contributed by atoms with van der Waals surface area (Å²) < 4.78 is 10.9. The standard InChI is InChI=1S/C13H21NO3/c1-2-3-4-7-17-12-10-11(12)13(15)14-5-8-16-9-6-14/h2,11-12H,1,3-10H2/t11-,12-/m1/s1. The van der Waals surface area contributed by atoms with Crippen LogP contribution in [-0.2, 0) is 14.3 Å². The zero-order valence-electron chi connectivity index (χ0n) is 10.3. The molecule has 2 aliphatic rings. The first-order valence-corrected chi connectivity index (χ1v) is 6.42. The lowest BCUT2D eigenvalue weighted by Gasteiger charge is -2.26. The van der Waals surface area contributed by atoms with E-state index in [1.165, 1.54) is 0 Å². The average molecular weight is 239 g/mol. The molecular formula is C13H21NO3. The Bertz CT molecular complexity index is 274. The third-order valence-electron chi connectivity index (χ3n) is 3.26. The number of amides is 1. The van der Waals surface area contributed by atoms with Gasteiger partial charge in [-0.05, 0) is 19.3 Å². The maximum atomic E-state index is 12.0. The Kier molecular flexibility index (Phi) is 4.57. The lowest BCUT2D eigenvalue weighted by molar-refractivity contribution is -0.137. The van der Waals surface area contributed by atoms with Crippen LogP contribution in [0.1, 0.15) is 19.3 Å². The van der Waals surface area contributed by atoms with Crippen LogP contribution in [0.15, 0.2) is 12.7 Å². The van der Waals surface area contributed by atoms with E-state index in [0.717, 1.165) is 39.0 Å². The molecule has 1 amide bonds. The molecule has 4 nitrogen and oxygen atoms in total. The molecule has 17 heavy (non-hydrogen) atoms. The first kappa shape index (κ1) is 12.6. The molecule has 2 atom stereocenters. The number of allylic oxidation sites excluding steroid dienone is 1. The van der Waals surface area contributed by atoms with Gasteiger partial charge in [-0.25, -0.2) is 0 Å². The first-order chi connectivity index (χ1) is 8.33. The van der Waals surface area contributed by atoms with Gasteiger partial charge in [-0.1, -0.05) is 6.08 Å². The van der Waals surface area contributed by atoms with Gasteiger partial charge < -0.3 is 14.4 Å². The molecule has 0 radical (unpaired) electrons. The quantitative estimate of drug-likeness (QED) is 0.516. The SMILES string of the molecule is C=CCCCO[C@@H]1C[C@H]1C(=O)N1CCOCC1. The second-order valence-electron chi connectivity index (χ2n) is 4.62. The largest absolute Gasteiger partial charge is 0.378 e. The third-order valence-corrected chi connectivity index (χ3v) is 3.26. The minimum Gasteiger partial charge on any atom is -0.378 e. The number of ether oxygens (including phenoxy) is 2. The van der Waals surface area contributed by atoms with Crippen LogP contribution in [-0.4, -0.2) is 49.8 Å². The number of carbonyl (C=O) groups is 1. The van der Waals surface area contributed by atoms with Crippen LogP contribution in [0, 0.1) is 5.92 Å². The van der Waals surface area contributed by atoms with Crippen molar-refractivity contribution < 1.29 is 14.3 Å². The molecule has 2 rings (SSSR count). The van der Waals surface area contributed by atoms with Gasteiger partial charge in [0.1, 0.15) is 0 Å². The number of morpholine rings is 1. The summed E-state index contributed by atoms with van der Waals surface area (Å²) in [6.07, 6.45) is 4.93. The summed E-state index contributed by atoms with van der Waals surface area (Å²) in [4.78, 5) is 13.9. The summed E-state index contributed by atoms with van der Waals surface area (Å²) in [5, 5.41) is 0. The summed E-state index contributed by atoms with van der Waals surface area (Å²) in [7, 11) is 0. The van der Waals surface area contributed by atoms with Crippen molar-refractivity contribution in [1.82, 2.24) is 4.90 Å². The van der Waals surface area contributed by atoms with Gasteiger partial charge in [0.25, 0.3) is 0 Å². The number of hydrogen-bond donors (Lipinski definition) is 0. The van der Waals surface area contributed by atoms with E-state index in [4.69, 9.17) is 9.47 Å². The van der Waals surface area contributed by atoms with E-state index >= 15 is 0 Å². The monoisotopic (exact) mass is 239 g/mol. The highest BCUT2D eigenvalue weighted by molar-refractivity contribution is 5.82. The fraction of sp³-hybridized carbons (Fsp3) is 0.769. The predicted octanol–water partition coefficient (Wildman–Crippen LogP) is 1.22. The van der Waals surface area contributed by atoms with Crippen molar-refractivity contribution in [3.8, 4) is 0 Å². The summed E-state index contributed by atoms with van der Waals surface area (Å²) >= 11 is 0. The summed E-state index contributed by atoms with van der Waals surface area (Å²) in [6.45, 7) is 7.22. The van der Waals surface area contributed by atoms with Crippen molar-refractivity contribution in [1.29, 1.82) is 0 Å². The number of unbranched alkanes of at least 4 members (excludes halogenated alkanes) is 1. The highest BCUT2D eigenvalue weighted by Crippen LogP contribution is 2.35.